The Kier molecular flexibility index (Phi) is 6.18. The van der Waals surface area contributed by atoms with Crippen molar-refractivity contribution in [2.24, 2.45) is 0 Å². The zero-order valence-corrected chi connectivity index (χ0v) is 15.6. The summed E-state index contributed by atoms with van der Waals surface area (Å²) in [5, 5.41) is 3.54. The summed E-state index contributed by atoms with van der Waals surface area (Å²) in [4.78, 5) is 36.7. The molecule has 0 aliphatic carbocycles. The third-order valence-electron chi connectivity index (χ3n) is 4.68. The Balaban J connectivity index is 1.51. The standard InChI is InChI=1S/C19H26N6O2/c1-2-5-17(26)21-12-18(27)25-10-8-24(9-11-25)13-16-22-15-7-4-3-6-14(15)19(20)23-16/h3-4,6-7H,2,5,8-13H2,1H3,(H,21,26)(H2,20,22,23). The second-order valence-electron chi connectivity index (χ2n) is 6.73. The smallest absolute Gasteiger partial charge is 0.242 e. The number of anilines is 1. The van der Waals surface area contributed by atoms with Crippen LogP contribution in [0.4, 0.5) is 5.82 Å². The van der Waals surface area contributed by atoms with Gasteiger partial charge in [-0.05, 0) is 18.6 Å². The topological polar surface area (TPSA) is 104 Å². The molecular formula is C19H26N6O2. The summed E-state index contributed by atoms with van der Waals surface area (Å²) < 4.78 is 0. The van der Waals surface area contributed by atoms with Crippen molar-refractivity contribution in [1.29, 1.82) is 0 Å². The molecule has 27 heavy (non-hydrogen) atoms. The first-order chi connectivity index (χ1) is 13.1. The summed E-state index contributed by atoms with van der Waals surface area (Å²) in [5.41, 5.74) is 6.89. The molecule has 1 aliphatic rings. The Bertz CT molecular complexity index is 817. The molecule has 1 fully saturated rings. The summed E-state index contributed by atoms with van der Waals surface area (Å²) in [6.45, 7) is 5.35. The van der Waals surface area contributed by atoms with Crippen molar-refractivity contribution in [3.63, 3.8) is 0 Å². The van der Waals surface area contributed by atoms with Gasteiger partial charge in [0.15, 0.2) is 0 Å². The molecule has 2 heterocycles. The third kappa shape index (κ3) is 4.91. The molecule has 2 amide bonds. The molecule has 2 aromatic rings. The highest BCUT2D eigenvalue weighted by Gasteiger charge is 2.22. The lowest BCUT2D eigenvalue weighted by molar-refractivity contribution is -0.134. The van der Waals surface area contributed by atoms with Crippen molar-refractivity contribution in [3.05, 3.63) is 30.1 Å². The molecular weight excluding hydrogens is 344 g/mol. The summed E-state index contributed by atoms with van der Waals surface area (Å²) in [5.74, 6) is 1.07. The van der Waals surface area contributed by atoms with Gasteiger partial charge in [-0.25, -0.2) is 9.97 Å². The minimum absolute atomic E-state index is 0.0368. The highest BCUT2D eigenvalue weighted by Crippen LogP contribution is 2.18. The lowest BCUT2D eigenvalue weighted by Crippen LogP contribution is -2.51. The van der Waals surface area contributed by atoms with E-state index in [2.05, 4.69) is 20.2 Å². The molecule has 3 rings (SSSR count). The average molecular weight is 370 g/mol. The number of nitrogens with one attached hydrogen (secondary N) is 1. The number of carbonyl (C=O) groups excluding carboxylic acids is 2. The number of piperazine rings is 1. The number of rotatable bonds is 6. The second-order valence-corrected chi connectivity index (χ2v) is 6.73. The maximum Gasteiger partial charge on any atom is 0.242 e. The van der Waals surface area contributed by atoms with Gasteiger partial charge in [0.25, 0.3) is 0 Å². The predicted octanol–water partition coefficient (Wildman–Crippen LogP) is 0.773. The van der Waals surface area contributed by atoms with Crippen LogP contribution >= 0.6 is 0 Å². The van der Waals surface area contributed by atoms with Crippen LogP contribution in [-0.2, 0) is 16.1 Å². The SMILES string of the molecule is CCCC(=O)NCC(=O)N1CCN(Cc2nc(N)c3ccccc3n2)CC1. The number of carbonyl (C=O) groups is 2. The van der Waals surface area contributed by atoms with Crippen LogP contribution in [0.15, 0.2) is 24.3 Å². The first-order valence-electron chi connectivity index (χ1n) is 9.34. The number of nitrogens with zero attached hydrogens (tertiary/aromatic N) is 4. The zero-order chi connectivity index (χ0) is 19.2. The predicted molar refractivity (Wildman–Crippen MR) is 104 cm³/mol. The van der Waals surface area contributed by atoms with Gasteiger partial charge in [0.1, 0.15) is 11.6 Å². The normalized spacial score (nSPS) is 15.1. The Labute approximate surface area is 158 Å². The van der Waals surface area contributed by atoms with Gasteiger partial charge in [0, 0.05) is 38.0 Å². The zero-order valence-electron chi connectivity index (χ0n) is 15.6. The van der Waals surface area contributed by atoms with Crippen molar-refractivity contribution < 1.29 is 9.59 Å². The average Bonchev–Trinajstić information content (AvgIpc) is 2.67. The van der Waals surface area contributed by atoms with Gasteiger partial charge in [-0.3, -0.25) is 14.5 Å². The maximum absolute atomic E-state index is 12.2. The summed E-state index contributed by atoms with van der Waals surface area (Å²) in [6, 6.07) is 7.70. The van der Waals surface area contributed by atoms with Crippen LogP contribution in [0.3, 0.4) is 0 Å². The number of nitrogens with two attached hydrogens (primary N) is 1. The highest BCUT2D eigenvalue weighted by atomic mass is 16.2. The number of hydrogen-bond donors (Lipinski definition) is 2. The van der Waals surface area contributed by atoms with Crippen LogP contribution in [0.1, 0.15) is 25.6 Å². The fourth-order valence-electron chi connectivity index (χ4n) is 3.18. The van der Waals surface area contributed by atoms with Crippen LogP contribution in [-0.4, -0.2) is 64.3 Å². The highest BCUT2D eigenvalue weighted by molar-refractivity contribution is 5.87. The monoisotopic (exact) mass is 370 g/mol. The van der Waals surface area contributed by atoms with E-state index in [1.807, 2.05) is 31.2 Å². The number of benzene rings is 1. The summed E-state index contributed by atoms with van der Waals surface area (Å²) >= 11 is 0. The van der Waals surface area contributed by atoms with E-state index in [-0.39, 0.29) is 18.4 Å². The second kappa shape index (κ2) is 8.77. The summed E-state index contributed by atoms with van der Waals surface area (Å²) in [6.07, 6.45) is 1.23. The number of hydrogen-bond acceptors (Lipinski definition) is 6. The van der Waals surface area contributed by atoms with E-state index in [1.165, 1.54) is 0 Å². The fourth-order valence-corrected chi connectivity index (χ4v) is 3.18. The van der Waals surface area contributed by atoms with Crippen molar-refractivity contribution in [3.8, 4) is 0 Å². The van der Waals surface area contributed by atoms with E-state index in [0.29, 0.717) is 37.7 Å². The number of fused-ring (bicyclic) bond motifs is 1. The van der Waals surface area contributed by atoms with E-state index in [0.717, 1.165) is 30.4 Å². The lowest BCUT2D eigenvalue weighted by atomic mass is 10.2. The molecule has 144 valence electrons. The van der Waals surface area contributed by atoms with E-state index in [9.17, 15) is 9.59 Å². The van der Waals surface area contributed by atoms with Crippen molar-refractivity contribution in [2.45, 2.75) is 26.3 Å². The third-order valence-corrected chi connectivity index (χ3v) is 4.68. The first-order valence-corrected chi connectivity index (χ1v) is 9.34. The van der Waals surface area contributed by atoms with Crippen molar-refractivity contribution >= 4 is 28.5 Å². The molecule has 1 saturated heterocycles. The largest absolute Gasteiger partial charge is 0.383 e. The number of aromatic nitrogens is 2. The van der Waals surface area contributed by atoms with Crippen molar-refractivity contribution in [1.82, 2.24) is 25.1 Å². The molecule has 0 radical (unpaired) electrons. The Hall–Kier alpha value is -2.74. The number of para-hydroxylation sites is 1. The quantitative estimate of drug-likeness (QED) is 0.778. The molecule has 1 aromatic heterocycles. The van der Waals surface area contributed by atoms with Crippen LogP contribution in [0.2, 0.25) is 0 Å². The molecule has 3 N–H and O–H groups in total. The van der Waals surface area contributed by atoms with Crippen LogP contribution in [0.5, 0.6) is 0 Å². The van der Waals surface area contributed by atoms with E-state index in [4.69, 9.17) is 5.73 Å². The molecule has 0 atom stereocenters. The van der Waals surface area contributed by atoms with Gasteiger partial charge in [-0.15, -0.1) is 0 Å². The minimum atomic E-state index is -0.0736. The van der Waals surface area contributed by atoms with Gasteiger partial charge in [0.2, 0.25) is 11.8 Å². The number of amides is 2. The van der Waals surface area contributed by atoms with E-state index < -0.39 is 0 Å². The first kappa shape index (κ1) is 19.0. The Morgan fingerprint density at radius 1 is 1.15 bits per heavy atom. The van der Waals surface area contributed by atoms with Gasteiger partial charge in [-0.1, -0.05) is 19.1 Å². The lowest BCUT2D eigenvalue weighted by Gasteiger charge is -2.34. The van der Waals surface area contributed by atoms with Gasteiger partial charge < -0.3 is 16.0 Å². The van der Waals surface area contributed by atoms with Crippen LogP contribution in [0.25, 0.3) is 10.9 Å². The number of nitrogen functional groups attached to an aromatic ring is 1. The minimum Gasteiger partial charge on any atom is -0.383 e. The fraction of sp³-hybridized carbons (Fsp3) is 0.474. The maximum atomic E-state index is 12.2. The Morgan fingerprint density at radius 2 is 1.89 bits per heavy atom. The van der Waals surface area contributed by atoms with Gasteiger partial charge in [0.05, 0.1) is 18.6 Å². The molecule has 0 unspecified atom stereocenters. The molecule has 1 aliphatic heterocycles. The molecule has 0 spiro atoms. The van der Waals surface area contributed by atoms with Crippen LogP contribution in [0, 0.1) is 0 Å². The molecule has 1 aromatic carbocycles. The van der Waals surface area contributed by atoms with Crippen LogP contribution < -0.4 is 11.1 Å². The van der Waals surface area contributed by atoms with Gasteiger partial charge >= 0.3 is 0 Å². The molecule has 8 heteroatoms. The van der Waals surface area contributed by atoms with Crippen molar-refractivity contribution in [2.75, 3.05) is 38.5 Å². The molecule has 8 nitrogen and oxygen atoms in total. The van der Waals surface area contributed by atoms with E-state index >= 15 is 0 Å². The Morgan fingerprint density at radius 3 is 2.63 bits per heavy atom. The molecule has 0 bridgehead atoms. The summed E-state index contributed by atoms with van der Waals surface area (Å²) in [7, 11) is 0. The molecule has 0 saturated carbocycles. The van der Waals surface area contributed by atoms with E-state index in [1.54, 1.807) is 4.90 Å². The van der Waals surface area contributed by atoms with Gasteiger partial charge in [-0.2, -0.15) is 0 Å².